The van der Waals surface area contributed by atoms with Gasteiger partial charge in [-0.2, -0.15) is 0 Å². The van der Waals surface area contributed by atoms with Gasteiger partial charge in [0.25, 0.3) is 0 Å². The van der Waals surface area contributed by atoms with Crippen LogP contribution in [0.1, 0.15) is 44.9 Å². The molecule has 6 heteroatoms. The van der Waals surface area contributed by atoms with Gasteiger partial charge in [0.2, 0.25) is 5.91 Å². The van der Waals surface area contributed by atoms with Crippen molar-refractivity contribution in [1.29, 1.82) is 0 Å². The van der Waals surface area contributed by atoms with Crippen LogP contribution in [0.2, 0.25) is 0 Å². The van der Waals surface area contributed by atoms with Crippen LogP contribution in [0.3, 0.4) is 0 Å². The molecule has 6 nitrogen and oxygen atoms in total. The number of carbonyl (C=O) groups is 2. The fraction of sp³-hybridized carbons (Fsp3) is 0.867. The molecule has 3 aliphatic rings. The number of cyclic esters (lactones) is 1. The molecular weight excluding hydrogens is 274 g/mol. The third-order valence-electron chi connectivity index (χ3n) is 4.53. The second kappa shape index (κ2) is 6.75. The first-order valence-electron chi connectivity index (χ1n) is 7.94. The zero-order valence-corrected chi connectivity index (χ0v) is 12.2. The summed E-state index contributed by atoms with van der Waals surface area (Å²) in [5, 5.41) is 2.96. The first-order chi connectivity index (χ1) is 10.2. The van der Waals surface area contributed by atoms with Crippen LogP contribution in [0.15, 0.2) is 0 Å². The molecule has 1 N–H and O–H groups in total. The molecule has 0 aromatic rings. The Morgan fingerprint density at radius 2 is 2.19 bits per heavy atom. The van der Waals surface area contributed by atoms with E-state index in [9.17, 15) is 9.59 Å². The summed E-state index contributed by atoms with van der Waals surface area (Å²) in [6.07, 6.45) is 5.30. The van der Waals surface area contributed by atoms with E-state index in [-0.39, 0.29) is 36.2 Å². The maximum Gasteiger partial charge on any atom is 0.306 e. The molecule has 0 radical (unpaired) electrons. The van der Waals surface area contributed by atoms with Gasteiger partial charge in [-0.15, -0.1) is 0 Å². The third-order valence-corrected chi connectivity index (χ3v) is 4.53. The average Bonchev–Trinajstić information content (AvgIpc) is 3.16. The highest BCUT2D eigenvalue weighted by molar-refractivity contribution is 5.79. The minimum absolute atomic E-state index is 0.0546. The van der Waals surface area contributed by atoms with E-state index in [4.69, 9.17) is 14.2 Å². The molecule has 0 saturated carbocycles. The van der Waals surface area contributed by atoms with Crippen LogP contribution in [0.4, 0.5) is 0 Å². The number of hydrogen-bond acceptors (Lipinski definition) is 5. The lowest BCUT2D eigenvalue weighted by atomic mass is 9.89. The Balaban J connectivity index is 1.42. The Bertz CT molecular complexity index is 394. The first kappa shape index (κ1) is 14.8. The Hall–Kier alpha value is -1.14. The monoisotopic (exact) mass is 297 g/mol. The molecule has 1 amide bonds. The summed E-state index contributed by atoms with van der Waals surface area (Å²) >= 11 is 0. The molecule has 0 aliphatic carbocycles. The minimum atomic E-state index is -0.147. The number of ether oxygens (including phenoxy) is 3. The van der Waals surface area contributed by atoms with Crippen LogP contribution >= 0.6 is 0 Å². The third kappa shape index (κ3) is 3.74. The van der Waals surface area contributed by atoms with Gasteiger partial charge >= 0.3 is 5.97 Å². The molecular formula is C15H23NO5. The highest BCUT2D eigenvalue weighted by Gasteiger charge is 2.41. The molecule has 3 aliphatic heterocycles. The van der Waals surface area contributed by atoms with Gasteiger partial charge in [-0.25, -0.2) is 0 Å². The van der Waals surface area contributed by atoms with Crippen molar-refractivity contribution < 1.29 is 23.8 Å². The van der Waals surface area contributed by atoms with Crippen molar-refractivity contribution in [3.05, 3.63) is 0 Å². The van der Waals surface area contributed by atoms with Gasteiger partial charge in [0.05, 0.1) is 6.42 Å². The number of carbonyl (C=O) groups excluding carboxylic acids is 2. The predicted molar refractivity (Wildman–Crippen MR) is 73.3 cm³/mol. The van der Waals surface area contributed by atoms with Crippen molar-refractivity contribution in [1.82, 2.24) is 5.32 Å². The van der Waals surface area contributed by atoms with Crippen LogP contribution in [0, 0.1) is 5.92 Å². The highest BCUT2D eigenvalue weighted by atomic mass is 16.7. The SMILES string of the molecule is O=C1CCC([C@H]2CC(=O)O[C@@H]2CCCOC2CCCO2)N1. The summed E-state index contributed by atoms with van der Waals surface area (Å²) in [5.74, 6) is 0.0534. The van der Waals surface area contributed by atoms with Crippen molar-refractivity contribution in [3.8, 4) is 0 Å². The van der Waals surface area contributed by atoms with Crippen LogP contribution in [-0.4, -0.2) is 43.5 Å². The Morgan fingerprint density at radius 3 is 2.90 bits per heavy atom. The Labute approximate surface area is 124 Å². The maximum atomic E-state index is 11.6. The molecule has 3 saturated heterocycles. The van der Waals surface area contributed by atoms with E-state index < -0.39 is 0 Å². The standard InChI is InChI=1S/C15H23NO5/c17-13-6-5-11(16-13)10-9-14(18)21-12(10)3-1-7-19-15-4-2-8-20-15/h10-12,15H,1-9H2,(H,16,17)/t10-,11?,12-,15?/m1/s1. The van der Waals surface area contributed by atoms with Crippen molar-refractivity contribution >= 4 is 11.9 Å². The van der Waals surface area contributed by atoms with Gasteiger partial charge in [0.15, 0.2) is 6.29 Å². The van der Waals surface area contributed by atoms with Crippen molar-refractivity contribution in [2.45, 2.75) is 63.4 Å². The van der Waals surface area contributed by atoms with Crippen LogP contribution < -0.4 is 5.32 Å². The summed E-state index contributed by atoms with van der Waals surface area (Å²) in [7, 11) is 0. The molecule has 21 heavy (non-hydrogen) atoms. The van der Waals surface area contributed by atoms with Gasteiger partial charge < -0.3 is 19.5 Å². The summed E-state index contributed by atoms with van der Waals surface area (Å²) < 4.78 is 16.5. The van der Waals surface area contributed by atoms with E-state index in [1.54, 1.807) is 0 Å². The molecule has 4 atom stereocenters. The fourth-order valence-corrected chi connectivity index (χ4v) is 3.44. The Morgan fingerprint density at radius 1 is 1.29 bits per heavy atom. The van der Waals surface area contributed by atoms with Crippen molar-refractivity contribution in [3.63, 3.8) is 0 Å². The lowest BCUT2D eigenvalue weighted by molar-refractivity contribution is -0.142. The lowest BCUT2D eigenvalue weighted by Gasteiger charge is -2.23. The zero-order valence-electron chi connectivity index (χ0n) is 12.2. The fourth-order valence-electron chi connectivity index (χ4n) is 3.44. The van der Waals surface area contributed by atoms with Gasteiger partial charge in [-0.05, 0) is 25.7 Å². The van der Waals surface area contributed by atoms with Crippen LogP contribution in [0.5, 0.6) is 0 Å². The van der Waals surface area contributed by atoms with E-state index in [0.29, 0.717) is 19.4 Å². The Kier molecular flexibility index (Phi) is 4.75. The molecule has 0 spiro atoms. The molecule has 0 aromatic carbocycles. The van der Waals surface area contributed by atoms with Gasteiger partial charge in [-0.1, -0.05) is 0 Å². The largest absolute Gasteiger partial charge is 0.462 e. The smallest absolute Gasteiger partial charge is 0.306 e. The normalized spacial score (nSPS) is 36.0. The van der Waals surface area contributed by atoms with E-state index in [1.807, 2.05) is 0 Å². The zero-order chi connectivity index (χ0) is 14.7. The van der Waals surface area contributed by atoms with E-state index in [2.05, 4.69) is 5.32 Å². The molecule has 0 bridgehead atoms. The van der Waals surface area contributed by atoms with Gasteiger partial charge in [-0.3, -0.25) is 9.59 Å². The number of nitrogens with one attached hydrogen (secondary N) is 1. The van der Waals surface area contributed by atoms with E-state index in [0.717, 1.165) is 38.7 Å². The maximum absolute atomic E-state index is 11.6. The second-order valence-electron chi connectivity index (χ2n) is 6.06. The predicted octanol–water partition coefficient (Wildman–Crippen LogP) is 1.13. The van der Waals surface area contributed by atoms with Crippen LogP contribution in [-0.2, 0) is 23.8 Å². The number of rotatable bonds is 6. The molecule has 3 rings (SSSR count). The molecule has 118 valence electrons. The molecule has 3 fully saturated rings. The van der Waals surface area contributed by atoms with E-state index >= 15 is 0 Å². The second-order valence-corrected chi connectivity index (χ2v) is 6.06. The summed E-state index contributed by atoms with van der Waals surface area (Å²) in [6, 6.07) is 0.0908. The topological polar surface area (TPSA) is 73.9 Å². The lowest BCUT2D eigenvalue weighted by Crippen LogP contribution is -2.37. The first-order valence-corrected chi connectivity index (χ1v) is 7.94. The number of hydrogen-bond donors (Lipinski definition) is 1. The summed E-state index contributed by atoms with van der Waals surface area (Å²) in [4.78, 5) is 22.9. The molecule has 0 aromatic heterocycles. The minimum Gasteiger partial charge on any atom is -0.462 e. The van der Waals surface area contributed by atoms with Crippen molar-refractivity contribution in [2.75, 3.05) is 13.2 Å². The average molecular weight is 297 g/mol. The van der Waals surface area contributed by atoms with Crippen molar-refractivity contribution in [2.24, 2.45) is 5.92 Å². The van der Waals surface area contributed by atoms with Gasteiger partial charge in [0.1, 0.15) is 6.10 Å². The van der Waals surface area contributed by atoms with E-state index in [1.165, 1.54) is 0 Å². The summed E-state index contributed by atoms with van der Waals surface area (Å²) in [6.45, 7) is 1.41. The highest BCUT2D eigenvalue weighted by Crippen LogP contribution is 2.32. The molecule has 3 heterocycles. The number of esters is 1. The number of amides is 1. The van der Waals surface area contributed by atoms with Crippen LogP contribution in [0.25, 0.3) is 0 Å². The quantitative estimate of drug-likeness (QED) is 0.587. The van der Waals surface area contributed by atoms with Gasteiger partial charge in [0, 0.05) is 38.0 Å². The summed E-state index contributed by atoms with van der Waals surface area (Å²) in [5.41, 5.74) is 0. The molecule has 2 unspecified atom stereocenters.